The molecule has 3 heterocycles. The lowest BCUT2D eigenvalue weighted by Gasteiger charge is -2.21. The number of piperidine rings is 1. The van der Waals surface area contributed by atoms with Crippen molar-refractivity contribution in [1.29, 1.82) is 0 Å². The van der Waals surface area contributed by atoms with E-state index in [0.29, 0.717) is 19.1 Å². The van der Waals surface area contributed by atoms with E-state index in [4.69, 9.17) is 4.74 Å². The maximum Gasteiger partial charge on any atom is 0.227 e. The van der Waals surface area contributed by atoms with Gasteiger partial charge in [-0.25, -0.2) is 0 Å². The number of rotatable bonds is 5. The van der Waals surface area contributed by atoms with Crippen molar-refractivity contribution in [2.75, 3.05) is 24.5 Å². The highest BCUT2D eigenvalue weighted by molar-refractivity contribution is 5.95. The lowest BCUT2D eigenvalue weighted by atomic mass is 10.1. The van der Waals surface area contributed by atoms with Crippen molar-refractivity contribution < 1.29 is 9.53 Å². The van der Waals surface area contributed by atoms with Gasteiger partial charge in [-0.05, 0) is 56.6 Å². The molecule has 1 amide bonds. The van der Waals surface area contributed by atoms with Crippen LogP contribution in [-0.4, -0.2) is 40.5 Å². The molecule has 1 aromatic heterocycles. The van der Waals surface area contributed by atoms with Crippen LogP contribution in [0.4, 0.5) is 5.69 Å². The van der Waals surface area contributed by atoms with Crippen molar-refractivity contribution >= 4 is 11.6 Å². The van der Waals surface area contributed by atoms with Crippen molar-refractivity contribution in [3.8, 4) is 5.75 Å². The average molecular weight is 341 g/mol. The molecule has 0 bridgehead atoms. The van der Waals surface area contributed by atoms with Gasteiger partial charge in [0.2, 0.25) is 5.91 Å². The molecule has 2 aromatic rings. The predicted molar refractivity (Wildman–Crippen MR) is 93.5 cm³/mol. The minimum atomic E-state index is 0.197. The van der Waals surface area contributed by atoms with Gasteiger partial charge in [0.05, 0.1) is 12.2 Å². The fourth-order valence-electron chi connectivity index (χ4n) is 3.39. The van der Waals surface area contributed by atoms with Crippen LogP contribution in [0.1, 0.15) is 37.4 Å². The van der Waals surface area contributed by atoms with Crippen LogP contribution < -0.4 is 15.0 Å². The predicted octanol–water partition coefficient (Wildman–Crippen LogP) is 1.91. The average Bonchev–Trinajstić information content (AvgIpc) is 3.30. The monoisotopic (exact) mass is 341 g/mol. The molecule has 25 heavy (non-hydrogen) atoms. The number of anilines is 1. The first-order chi connectivity index (χ1) is 12.3. The normalized spacial score (nSPS) is 18.7. The maximum atomic E-state index is 11.8. The third-order valence-corrected chi connectivity index (χ3v) is 4.80. The van der Waals surface area contributed by atoms with Gasteiger partial charge in [0, 0.05) is 18.7 Å². The van der Waals surface area contributed by atoms with Crippen LogP contribution in [0.25, 0.3) is 0 Å². The quantitative estimate of drug-likeness (QED) is 0.899. The molecule has 2 aliphatic rings. The molecule has 4 rings (SSSR count). The summed E-state index contributed by atoms with van der Waals surface area (Å²) in [7, 11) is 0. The molecule has 0 radical (unpaired) electrons. The molecule has 1 aromatic carbocycles. The van der Waals surface area contributed by atoms with E-state index >= 15 is 0 Å². The smallest absolute Gasteiger partial charge is 0.227 e. The fourth-order valence-corrected chi connectivity index (χ4v) is 3.39. The molecule has 0 aliphatic carbocycles. The summed E-state index contributed by atoms with van der Waals surface area (Å²) in [5.74, 6) is 0.968. The van der Waals surface area contributed by atoms with E-state index in [-0.39, 0.29) is 5.91 Å². The van der Waals surface area contributed by atoms with Gasteiger partial charge in [-0.1, -0.05) is 0 Å². The van der Waals surface area contributed by atoms with Crippen molar-refractivity contribution in [1.82, 2.24) is 20.3 Å². The summed E-state index contributed by atoms with van der Waals surface area (Å²) >= 11 is 0. The number of carbonyl (C=O) groups excluding carboxylic acids is 1. The Kier molecular flexibility index (Phi) is 4.65. The summed E-state index contributed by atoms with van der Waals surface area (Å²) in [6.07, 6.45) is 5.48. The molecule has 1 N–H and O–H groups in total. The van der Waals surface area contributed by atoms with Crippen molar-refractivity contribution in [2.45, 2.75) is 38.3 Å². The van der Waals surface area contributed by atoms with Crippen molar-refractivity contribution in [2.24, 2.45) is 0 Å². The van der Waals surface area contributed by atoms with Crippen LogP contribution in [0, 0.1) is 0 Å². The number of hydrogen-bond donors (Lipinski definition) is 1. The van der Waals surface area contributed by atoms with E-state index in [1.165, 1.54) is 0 Å². The molecule has 0 unspecified atom stereocenters. The molecular formula is C18H23N5O2. The molecule has 2 fully saturated rings. The summed E-state index contributed by atoms with van der Waals surface area (Å²) in [6.45, 7) is 3.24. The van der Waals surface area contributed by atoms with Gasteiger partial charge in [0.15, 0.2) is 0 Å². The number of nitrogens with one attached hydrogen (secondary N) is 1. The van der Waals surface area contributed by atoms with Crippen LogP contribution in [0.5, 0.6) is 5.75 Å². The van der Waals surface area contributed by atoms with Crippen LogP contribution in [0.3, 0.4) is 0 Å². The largest absolute Gasteiger partial charge is 0.487 e. The van der Waals surface area contributed by atoms with Crippen molar-refractivity contribution in [3.05, 3.63) is 36.2 Å². The molecule has 2 aliphatic heterocycles. The zero-order valence-corrected chi connectivity index (χ0v) is 14.2. The highest BCUT2D eigenvalue weighted by atomic mass is 16.5. The second-order valence-electron chi connectivity index (χ2n) is 6.57. The van der Waals surface area contributed by atoms with Gasteiger partial charge in [0.25, 0.3) is 0 Å². The molecule has 7 nitrogen and oxygen atoms in total. The summed E-state index contributed by atoms with van der Waals surface area (Å²) < 4.78 is 5.81. The Hall–Kier alpha value is -2.41. The van der Waals surface area contributed by atoms with Crippen LogP contribution >= 0.6 is 0 Å². The Balaban J connectivity index is 1.33. The lowest BCUT2D eigenvalue weighted by molar-refractivity contribution is -0.117. The molecule has 132 valence electrons. The Morgan fingerprint density at radius 2 is 2.00 bits per heavy atom. The van der Waals surface area contributed by atoms with Crippen LogP contribution in [-0.2, 0) is 11.4 Å². The standard InChI is InChI=1S/C18H23N5O2/c24-18-2-1-11-22(18)15-3-5-17(6-4-15)25-13-14-12-20-23(21-14)16-7-9-19-10-8-16/h3-6,12,16,19H,1-2,7-11,13H2. The summed E-state index contributed by atoms with van der Waals surface area (Å²) in [5.41, 5.74) is 1.77. The first-order valence-electron chi connectivity index (χ1n) is 8.94. The van der Waals surface area contributed by atoms with Gasteiger partial charge >= 0.3 is 0 Å². The van der Waals surface area contributed by atoms with Gasteiger partial charge in [-0.3, -0.25) is 4.79 Å². The molecule has 0 atom stereocenters. The van der Waals surface area contributed by atoms with Crippen LogP contribution in [0.15, 0.2) is 30.5 Å². The number of aromatic nitrogens is 3. The first-order valence-corrected chi connectivity index (χ1v) is 8.94. The van der Waals surface area contributed by atoms with E-state index in [1.54, 1.807) is 6.20 Å². The number of ether oxygens (including phenoxy) is 1. The molecule has 0 spiro atoms. The highest BCUT2D eigenvalue weighted by Gasteiger charge is 2.21. The van der Waals surface area contributed by atoms with Gasteiger partial charge < -0.3 is 15.0 Å². The van der Waals surface area contributed by atoms with Gasteiger partial charge in [-0.15, -0.1) is 0 Å². The summed E-state index contributed by atoms with van der Waals surface area (Å²) in [5, 5.41) is 12.3. The second kappa shape index (κ2) is 7.23. The van der Waals surface area contributed by atoms with E-state index in [9.17, 15) is 4.79 Å². The van der Waals surface area contributed by atoms with E-state index in [0.717, 1.165) is 56.0 Å². The Morgan fingerprint density at radius 3 is 2.72 bits per heavy atom. The number of benzene rings is 1. The molecule has 7 heteroatoms. The van der Waals surface area contributed by atoms with Crippen molar-refractivity contribution in [3.63, 3.8) is 0 Å². The Morgan fingerprint density at radius 1 is 1.20 bits per heavy atom. The number of carbonyl (C=O) groups is 1. The fraction of sp³-hybridized carbons (Fsp3) is 0.500. The highest BCUT2D eigenvalue weighted by Crippen LogP contribution is 2.24. The maximum absolute atomic E-state index is 11.8. The Bertz CT molecular complexity index is 721. The topological polar surface area (TPSA) is 72.3 Å². The van der Waals surface area contributed by atoms with Gasteiger partial charge in [-0.2, -0.15) is 15.0 Å². The number of amides is 1. The van der Waals surface area contributed by atoms with Crippen LogP contribution in [0.2, 0.25) is 0 Å². The Labute approximate surface area is 147 Å². The third-order valence-electron chi connectivity index (χ3n) is 4.80. The third kappa shape index (κ3) is 3.66. The number of hydrogen-bond acceptors (Lipinski definition) is 5. The minimum absolute atomic E-state index is 0.197. The van der Waals surface area contributed by atoms with E-state index in [2.05, 4.69) is 15.5 Å². The molecule has 2 saturated heterocycles. The zero-order valence-electron chi connectivity index (χ0n) is 14.2. The summed E-state index contributed by atoms with van der Waals surface area (Å²) in [4.78, 5) is 15.4. The molecule has 0 saturated carbocycles. The minimum Gasteiger partial charge on any atom is -0.487 e. The summed E-state index contributed by atoms with van der Waals surface area (Å²) in [6, 6.07) is 8.05. The number of nitrogens with zero attached hydrogens (tertiary/aromatic N) is 4. The zero-order chi connectivity index (χ0) is 17.1. The first kappa shape index (κ1) is 16.1. The van der Waals surface area contributed by atoms with Gasteiger partial charge in [0.1, 0.15) is 18.1 Å². The SMILES string of the molecule is O=C1CCCN1c1ccc(OCc2cnn(C3CCNCC3)n2)cc1. The second-order valence-corrected chi connectivity index (χ2v) is 6.57. The lowest BCUT2D eigenvalue weighted by Crippen LogP contribution is -2.30. The van der Waals surface area contributed by atoms with E-state index < -0.39 is 0 Å². The van der Waals surface area contributed by atoms with E-state index in [1.807, 2.05) is 34.0 Å². The molecular weight excluding hydrogens is 318 g/mol.